The summed E-state index contributed by atoms with van der Waals surface area (Å²) in [6.07, 6.45) is 2.54. The molecule has 0 atom stereocenters. The second kappa shape index (κ2) is 11.3. The van der Waals surface area contributed by atoms with E-state index in [9.17, 15) is 0 Å². The standard InChI is InChI=1S/C22H31N7O2/c1-5-30-12-6-11-23-22(25-14-20-28-27-17(3)29(20)4)24-13-19-15-31-21(26-19)18-9-7-16(2)8-10-18/h7-10,15H,5-6,11-14H2,1-4H3,(H2,23,24,25). The van der Waals surface area contributed by atoms with Gasteiger partial charge in [-0.3, -0.25) is 0 Å². The van der Waals surface area contributed by atoms with Crippen LogP contribution >= 0.6 is 0 Å². The highest BCUT2D eigenvalue weighted by molar-refractivity contribution is 5.79. The molecule has 0 radical (unpaired) electrons. The Kier molecular flexibility index (Phi) is 8.17. The van der Waals surface area contributed by atoms with Crippen molar-refractivity contribution in [2.45, 2.75) is 40.3 Å². The highest BCUT2D eigenvalue weighted by atomic mass is 16.5. The van der Waals surface area contributed by atoms with Crippen LogP contribution < -0.4 is 10.6 Å². The minimum absolute atomic E-state index is 0.397. The first-order valence-corrected chi connectivity index (χ1v) is 10.5. The number of guanidine groups is 1. The molecule has 9 nitrogen and oxygen atoms in total. The molecule has 0 bridgehead atoms. The van der Waals surface area contributed by atoms with E-state index < -0.39 is 0 Å². The lowest BCUT2D eigenvalue weighted by Gasteiger charge is -2.12. The fourth-order valence-electron chi connectivity index (χ4n) is 2.84. The van der Waals surface area contributed by atoms with Gasteiger partial charge in [0.15, 0.2) is 11.8 Å². The number of hydrogen-bond donors (Lipinski definition) is 2. The van der Waals surface area contributed by atoms with Gasteiger partial charge in [-0.1, -0.05) is 17.7 Å². The van der Waals surface area contributed by atoms with Gasteiger partial charge in [0, 0.05) is 32.4 Å². The molecular weight excluding hydrogens is 394 g/mol. The lowest BCUT2D eigenvalue weighted by molar-refractivity contribution is 0.145. The maximum Gasteiger partial charge on any atom is 0.226 e. The number of rotatable bonds is 10. The van der Waals surface area contributed by atoms with E-state index in [1.54, 1.807) is 6.26 Å². The number of aliphatic imine (C=N–C) groups is 1. The van der Waals surface area contributed by atoms with Crippen LogP contribution in [0.25, 0.3) is 11.5 Å². The zero-order valence-electron chi connectivity index (χ0n) is 18.7. The molecule has 0 unspecified atom stereocenters. The highest BCUT2D eigenvalue weighted by Gasteiger charge is 2.09. The van der Waals surface area contributed by atoms with Crippen LogP contribution in [0.1, 0.15) is 36.3 Å². The van der Waals surface area contributed by atoms with Gasteiger partial charge >= 0.3 is 0 Å². The van der Waals surface area contributed by atoms with E-state index in [4.69, 9.17) is 9.15 Å². The van der Waals surface area contributed by atoms with Gasteiger partial charge in [0.25, 0.3) is 0 Å². The van der Waals surface area contributed by atoms with Crippen LogP contribution in [0.2, 0.25) is 0 Å². The van der Waals surface area contributed by atoms with Crippen LogP contribution in [-0.4, -0.2) is 45.5 Å². The van der Waals surface area contributed by atoms with Gasteiger partial charge in [0.2, 0.25) is 5.89 Å². The Morgan fingerprint density at radius 2 is 1.97 bits per heavy atom. The summed E-state index contributed by atoms with van der Waals surface area (Å²) in [6.45, 7) is 9.06. The van der Waals surface area contributed by atoms with Crippen LogP contribution in [-0.2, 0) is 24.9 Å². The molecule has 9 heteroatoms. The maximum absolute atomic E-state index is 5.64. The minimum atomic E-state index is 0.397. The zero-order valence-corrected chi connectivity index (χ0v) is 18.7. The fraction of sp³-hybridized carbons (Fsp3) is 0.455. The summed E-state index contributed by atoms with van der Waals surface area (Å²) in [4.78, 5) is 9.22. The Labute approximate surface area is 183 Å². The van der Waals surface area contributed by atoms with Crippen molar-refractivity contribution in [1.29, 1.82) is 0 Å². The first kappa shape index (κ1) is 22.5. The van der Waals surface area contributed by atoms with E-state index in [2.05, 4.69) is 37.7 Å². The number of aromatic nitrogens is 4. The molecule has 0 aliphatic heterocycles. The first-order valence-electron chi connectivity index (χ1n) is 10.5. The number of ether oxygens (including phenoxy) is 1. The predicted octanol–water partition coefficient (Wildman–Crippen LogP) is 2.75. The molecule has 31 heavy (non-hydrogen) atoms. The molecule has 0 fully saturated rings. The Bertz CT molecular complexity index is 976. The third kappa shape index (κ3) is 6.65. The van der Waals surface area contributed by atoms with Crippen molar-refractivity contribution >= 4 is 5.96 Å². The lowest BCUT2D eigenvalue weighted by Crippen LogP contribution is -2.38. The Morgan fingerprint density at radius 1 is 1.16 bits per heavy atom. The van der Waals surface area contributed by atoms with Gasteiger partial charge in [-0.05, 0) is 39.3 Å². The van der Waals surface area contributed by atoms with Crippen molar-refractivity contribution in [3.8, 4) is 11.5 Å². The minimum Gasteiger partial charge on any atom is -0.444 e. The quantitative estimate of drug-likeness (QED) is 0.292. The smallest absolute Gasteiger partial charge is 0.226 e. The van der Waals surface area contributed by atoms with E-state index in [-0.39, 0.29) is 0 Å². The summed E-state index contributed by atoms with van der Waals surface area (Å²) >= 11 is 0. The number of benzene rings is 1. The molecule has 2 aromatic heterocycles. The van der Waals surface area contributed by atoms with Crippen molar-refractivity contribution in [3.05, 3.63) is 53.4 Å². The maximum atomic E-state index is 5.64. The predicted molar refractivity (Wildman–Crippen MR) is 120 cm³/mol. The van der Waals surface area contributed by atoms with Gasteiger partial charge in [-0.25, -0.2) is 9.98 Å². The Hall–Kier alpha value is -3.20. The molecule has 0 aliphatic carbocycles. The van der Waals surface area contributed by atoms with E-state index in [1.165, 1.54) is 5.56 Å². The molecule has 0 spiro atoms. The monoisotopic (exact) mass is 425 g/mol. The van der Waals surface area contributed by atoms with Crippen LogP contribution in [0.15, 0.2) is 39.9 Å². The molecule has 2 N–H and O–H groups in total. The largest absolute Gasteiger partial charge is 0.444 e. The number of hydrogen-bond acceptors (Lipinski definition) is 6. The van der Waals surface area contributed by atoms with E-state index in [0.717, 1.165) is 42.5 Å². The molecule has 0 saturated heterocycles. The molecule has 2 heterocycles. The van der Waals surface area contributed by atoms with Gasteiger partial charge in [0.05, 0.1) is 13.1 Å². The zero-order chi connectivity index (χ0) is 22.1. The lowest BCUT2D eigenvalue weighted by atomic mass is 10.1. The summed E-state index contributed by atoms with van der Waals surface area (Å²) in [6, 6.07) is 8.09. The second-order valence-corrected chi connectivity index (χ2v) is 7.23. The van der Waals surface area contributed by atoms with Crippen molar-refractivity contribution in [1.82, 2.24) is 30.4 Å². The number of aryl methyl sites for hydroxylation is 2. The third-order valence-electron chi connectivity index (χ3n) is 4.81. The van der Waals surface area contributed by atoms with Crippen LogP contribution in [0.5, 0.6) is 0 Å². The van der Waals surface area contributed by atoms with Crippen molar-refractivity contribution in [2.75, 3.05) is 19.8 Å². The average Bonchev–Trinajstić information content (AvgIpc) is 3.37. The second-order valence-electron chi connectivity index (χ2n) is 7.23. The molecule has 0 saturated carbocycles. The molecular formula is C22H31N7O2. The normalized spacial score (nSPS) is 11.7. The third-order valence-corrected chi connectivity index (χ3v) is 4.81. The number of nitrogens with one attached hydrogen (secondary N) is 2. The number of nitrogens with zero attached hydrogens (tertiary/aromatic N) is 5. The van der Waals surface area contributed by atoms with Gasteiger partial charge < -0.3 is 24.4 Å². The van der Waals surface area contributed by atoms with Gasteiger partial charge in [-0.2, -0.15) is 0 Å². The first-order chi connectivity index (χ1) is 15.1. The van der Waals surface area contributed by atoms with Crippen LogP contribution in [0.3, 0.4) is 0 Å². The molecule has 1 aromatic carbocycles. The average molecular weight is 426 g/mol. The molecule has 0 aliphatic rings. The summed E-state index contributed by atoms with van der Waals surface area (Å²) in [5, 5.41) is 14.9. The summed E-state index contributed by atoms with van der Waals surface area (Å²) in [5.41, 5.74) is 2.91. The van der Waals surface area contributed by atoms with Crippen LogP contribution in [0.4, 0.5) is 0 Å². The summed E-state index contributed by atoms with van der Waals surface area (Å²) in [7, 11) is 1.95. The molecule has 0 amide bonds. The van der Waals surface area contributed by atoms with Gasteiger partial charge in [-0.15, -0.1) is 10.2 Å². The van der Waals surface area contributed by atoms with Gasteiger partial charge in [0.1, 0.15) is 17.8 Å². The van der Waals surface area contributed by atoms with Crippen molar-refractivity contribution in [3.63, 3.8) is 0 Å². The highest BCUT2D eigenvalue weighted by Crippen LogP contribution is 2.19. The SMILES string of the molecule is CCOCCCNC(=NCc1coc(-c2ccc(C)cc2)n1)NCc1nnc(C)n1C. The van der Waals surface area contributed by atoms with E-state index in [0.29, 0.717) is 31.5 Å². The Balaban J connectivity index is 1.62. The van der Waals surface area contributed by atoms with Crippen molar-refractivity contribution in [2.24, 2.45) is 12.0 Å². The Morgan fingerprint density at radius 3 is 2.68 bits per heavy atom. The summed E-state index contributed by atoms with van der Waals surface area (Å²) < 4.78 is 13.0. The molecule has 3 aromatic rings. The topological polar surface area (TPSA) is 102 Å². The van der Waals surface area contributed by atoms with E-state index in [1.807, 2.05) is 49.7 Å². The number of oxazole rings is 1. The van der Waals surface area contributed by atoms with E-state index >= 15 is 0 Å². The van der Waals surface area contributed by atoms with Crippen LogP contribution in [0, 0.1) is 13.8 Å². The molecule has 3 rings (SSSR count). The fourth-order valence-corrected chi connectivity index (χ4v) is 2.84. The summed E-state index contributed by atoms with van der Waals surface area (Å²) in [5.74, 6) is 2.98. The van der Waals surface area contributed by atoms with Crippen molar-refractivity contribution < 1.29 is 9.15 Å². The molecule has 166 valence electrons.